The van der Waals surface area contributed by atoms with E-state index in [2.05, 4.69) is 37.9 Å². The number of aliphatic carboxylic acids is 1. The van der Waals surface area contributed by atoms with Gasteiger partial charge in [-0.3, -0.25) is 19.2 Å². The monoisotopic (exact) mass is 1080 g/mol. The largest absolute Gasteiger partial charge is 0.481 e. The smallest absolute Gasteiger partial charge is 0.313 e. The Bertz CT molecular complexity index is 1530. The molecule has 2 heterocycles. The first-order chi connectivity index (χ1) is 36.2. The molecule has 0 aliphatic heterocycles. The number of carboxylic acid groups (broad SMARTS) is 1. The summed E-state index contributed by atoms with van der Waals surface area (Å²) in [6.07, 6.45) is 43.2. The molecule has 0 spiro atoms. The highest BCUT2D eigenvalue weighted by Gasteiger charge is 2.16. The van der Waals surface area contributed by atoms with Gasteiger partial charge in [-0.15, -0.1) is 23.5 Å². The van der Waals surface area contributed by atoms with E-state index < -0.39 is 5.97 Å². The number of unbranched alkanes of at least 4 members (excludes halogenated alkanes) is 23. The molecule has 0 saturated carbocycles. The van der Waals surface area contributed by atoms with Crippen LogP contribution in [0.4, 0.5) is 0 Å². The second kappa shape index (κ2) is 52.2. The van der Waals surface area contributed by atoms with Crippen LogP contribution in [0, 0.1) is 0 Å². The summed E-state index contributed by atoms with van der Waals surface area (Å²) in [4.78, 5) is 50.5. The van der Waals surface area contributed by atoms with Crippen molar-refractivity contribution in [1.29, 1.82) is 0 Å². The lowest BCUT2D eigenvalue weighted by atomic mass is 10.0. The van der Waals surface area contributed by atoms with E-state index in [9.17, 15) is 19.2 Å². The van der Waals surface area contributed by atoms with Gasteiger partial charge in [0.05, 0.1) is 35.5 Å². The number of carbonyl (C=O) groups is 4. The second-order valence-electron chi connectivity index (χ2n) is 20.4. The van der Waals surface area contributed by atoms with Crippen molar-refractivity contribution in [3.8, 4) is 0 Å². The minimum Gasteiger partial charge on any atom is -0.481 e. The van der Waals surface area contributed by atoms with Gasteiger partial charge in [0, 0.05) is 19.4 Å². The molecule has 13 heteroatoms. The molecule has 0 saturated heterocycles. The quantitative estimate of drug-likeness (QED) is 0.0480. The van der Waals surface area contributed by atoms with Gasteiger partial charge >= 0.3 is 17.9 Å². The van der Waals surface area contributed by atoms with Gasteiger partial charge in [-0.25, -0.2) is 0 Å². The van der Waals surface area contributed by atoms with Crippen LogP contribution in [0.3, 0.4) is 0 Å². The molecule has 0 aliphatic rings. The van der Waals surface area contributed by atoms with Crippen LogP contribution in [0.5, 0.6) is 0 Å². The fourth-order valence-corrected chi connectivity index (χ4v) is 10.4. The fourth-order valence-electron chi connectivity index (χ4n) is 9.01. The average Bonchev–Trinajstić information content (AvgIpc) is 4.12. The molecule has 2 aromatic heterocycles. The van der Waals surface area contributed by atoms with Gasteiger partial charge in [-0.1, -0.05) is 163 Å². The first-order valence-corrected chi connectivity index (χ1v) is 32.3. The van der Waals surface area contributed by atoms with Gasteiger partial charge in [-0.05, 0) is 121 Å². The zero-order chi connectivity index (χ0) is 53.8. The number of nitrogens with zero attached hydrogens (tertiary/aromatic N) is 1. The number of carbonyl (C=O) groups excluding carboxylic acids is 3. The van der Waals surface area contributed by atoms with Crippen LogP contribution in [0.2, 0.25) is 0 Å². The van der Waals surface area contributed by atoms with Crippen molar-refractivity contribution in [3.05, 3.63) is 48.3 Å². The van der Waals surface area contributed by atoms with E-state index in [0.717, 1.165) is 121 Å². The summed E-state index contributed by atoms with van der Waals surface area (Å²) < 4.78 is 22.3. The van der Waals surface area contributed by atoms with Crippen LogP contribution < -0.4 is 5.32 Å². The van der Waals surface area contributed by atoms with Crippen LogP contribution in [0.1, 0.15) is 264 Å². The Kier molecular flexibility index (Phi) is 48.7. The third kappa shape index (κ3) is 45.3. The van der Waals surface area contributed by atoms with Crippen LogP contribution in [0.15, 0.2) is 45.6 Å². The number of thioether (sulfide) groups is 2. The molecule has 2 aromatic rings. The maximum atomic E-state index is 12.9. The topological polar surface area (TPSA) is 149 Å². The van der Waals surface area contributed by atoms with E-state index in [-0.39, 0.29) is 35.8 Å². The van der Waals surface area contributed by atoms with Gasteiger partial charge in [0.25, 0.3) is 0 Å². The van der Waals surface area contributed by atoms with Gasteiger partial charge in [-0.2, -0.15) is 0 Å². The van der Waals surface area contributed by atoms with E-state index >= 15 is 0 Å². The van der Waals surface area contributed by atoms with Crippen LogP contribution in [-0.4, -0.2) is 83.7 Å². The molecule has 11 nitrogen and oxygen atoms in total. The summed E-state index contributed by atoms with van der Waals surface area (Å²) in [7, 11) is 0. The third-order valence-electron chi connectivity index (χ3n) is 13.5. The standard InChI is InChI=1S/C54H100N2O6S.C7H8O3S/c1-5-9-12-15-20-27-36-49(8-4)61-53(58)40-30-23-18-25-32-43-56(45-35-42-55-52(57)48-63-47-51-39-34-46-60-51)44-33-26-19-24-31-41-54(59)62-50(37-28-21-16-13-10-6-2)38-29-22-17-14-11-7-3;8-7(9)5-11-4-6-2-1-3-10-6/h34,39,46,49-50H,5-33,35-38,40-45,47-48H2,1-4H3,(H,55,57);1-3H,4-5H2,(H,8,9). The molecule has 0 aromatic carbocycles. The van der Waals surface area contributed by atoms with E-state index in [4.69, 9.17) is 23.4 Å². The van der Waals surface area contributed by atoms with Crippen molar-refractivity contribution in [2.75, 3.05) is 37.7 Å². The number of carboxylic acids is 1. The number of esters is 2. The second-order valence-corrected chi connectivity index (χ2v) is 22.4. The molecule has 1 amide bonds. The van der Waals surface area contributed by atoms with Gasteiger partial charge in [0.2, 0.25) is 5.91 Å². The molecule has 2 rings (SSSR count). The van der Waals surface area contributed by atoms with Gasteiger partial charge in [0.15, 0.2) is 0 Å². The van der Waals surface area contributed by atoms with Crippen molar-refractivity contribution < 1.29 is 42.6 Å². The van der Waals surface area contributed by atoms with Crippen molar-refractivity contribution in [2.24, 2.45) is 0 Å². The van der Waals surface area contributed by atoms with E-state index in [1.165, 1.54) is 134 Å². The molecule has 1 unspecified atom stereocenters. The zero-order valence-corrected chi connectivity index (χ0v) is 49.1. The summed E-state index contributed by atoms with van der Waals surface area (Å²) in [6.45, 7) is 12.7. The molecule has 0 bridgehead atoms. The number of hydrogen-bond donors (Lipinski definition) is 2. The van der Waals surface area contributed by atoms with Crippen LogP contribution >= 0.6 is 23.5 Å². The molecule has 0 radical (unpaired) electrons. The Morgan fingerprint density at radius 2 is 0.905 bits per heavy atom. The Balaban J connectivity index is 0.00000218. The predicted molar refractivity (Wildman–Crippen MR) is 311 cm³/mol. The number of ether oxygens (including phenoxy) is 2. The molecule has 428 valence electrons. The number of rotatable bonds is 52. The van der Waals surface area contributed by atoms with Crippen molar-refractivity contribution in [1.82, 2.24) is 10.2 Å². The Hall–Kier alpha value is -2.90. The Labute approximate surface area is 460 Å². The van der Waals surface area contributed by atoms with E-state index in [0.29, 0.717) is 36.6 Å². The minimum absolute atomic E-state index is 0.00946. The van der Waals surface area contributed by atoms with E-state index in [1.807, 2.05) is 18.2 Å². The lowest BCUT2D eigenvalue weighted by molar-refractivity contribution is -0.150. The molecular formula is C61H108N2O9S2. The zero-order valence-electron chi connectivity index (χ0n) is 47.5. The summed E-state index contributed by atoms with van der Waals surface area (Å²) in [5.74, 6) is 2.90. The third-order valence-corrected chi connectivity index (χ3v) is 15.4. The fraction of sp³-hybridized carbons (Fsp3) is 0.803. The summed E-state index contributed by atoms with van der Waals surface area (Å²) in [6, 6.07) is 7.44. The number of hydrogen-bond acceptors (Lipinski definition) is 11. The lowest BCUT2D eigenvalue weighted by Gasteiger charge is -2.22. The highest BCUT2D eigenvalue weighted by atomic mass is 32.2. The first kappa shape index (κ1) is 69.1. The number of amides is 1. The molecule has 1 atom stereocenters. The molecule has 74 heavy (non-hydrogen) atoms. The molecule has 2 N–H and O–H groups in total. The maximum absolute atomic E-state index is 12.9. The van der Waals surface area contributed by atoms with Gasteiger partial charge < -0.3 is 33.6 Å². The van der Waals surface area contributed by atoms with E-state index in [1.54, 1.807) is 30.4 Å². The van der Waals surface area contributed by atoms with Crippen molar-refractivity contribution >= 4 is 47.3 Å². The summed E-state index contributed by atoms with van der Waals surface area (Å²) in [5, 5.41) is 11.4. The average molecular weight is 1080 g/mol. The summed E-state index contributed by atoms with van der Waals surface area (Å²) in [5.41, 5.74) is 0. The highest BCUT2D eigenvalue weighted by molar-refractivity contribution is 7.99. The highest BCUT2D eigenvalue weighted by Crippen LogP contribution is 2.20. The lowest BCUT2D eigenvalue weighted by Crippen LogP contribution is -2.32. The van der Waals surface area contributed by atoms with Crippen molar-refractivity contribution in [2.45, 2.75) is 276 Å². The van der Waals surface area contributed by atoms with Crippen molar-refractivity contribution in [3.63, 3.8) is 0 Å². The summed E-state index contributed by atoms with van der Waals surface area (Å²) >= 11 is 2.90. The first-order valence-electron chi connectivity index (χ1n) is 30.0. The minimum atomic E-state index is -0.790. The maximum Gasteiger partial charge on any atom is 0.313 e. The molecule has 0 fully saturated rings. The normalized spacial score (nSPS) is 11.7. The molecular weight excluding hydrogens is 969 g/mol. The SMILES string of the molecule is CCCCCCCCC(CC)OC(=O)CCCCCCCN(CCCCCCCC(=O)OC(CCCCCCCC)CCCCCCCC)CCCNC(=O)CSCc1ccco1.O=C(O)CSCc1ccco1. The predicted octanol–water partition coefficient (Wildman–Crippen LogP) is 17.1. The number of furan rings is 2. The van der Waals surface area contributed by atoms with Crippen LogP contribution in [0.25, 0.3) is 0 Å². The van der Waals surface area contributed by atoms with Gasteiger partial charge in [0.1, 0.15) is 23.7 Å². The Morgan fingerprint density at radius 1 is 0.514 bits per heavy atom. The molecule has 0 aliphatic carbocycles. The van der Waals surface area contributed by atoms with Crippen LogP contribution in [-0.2, 0) is 40.2 Å². The Morgan fingerprint density at radius 3 is 1.34 bits per heavy atom. The number of nitrogens with one attached hydrogen (secondary N) is 1.